The lowest BCUT2D eigenvalue weighted by Gasteiger charge is -2.32. The van der Waals surface area contributed by atoms with E-state index in [9.17, 15) is 22.4 Å². The highest BCUT2D eigenvalue weighted by molar-refractivity contribution is 7.92. The van der Waals surface area contributed by atoms with Crippen molar-refractivity contribution in [2.24, 2.45) is 0 Å². The molecule has 0 saturated heterocycles. The summed E-state index contributed by atoms with van der Waals surface area (Å²) in [4.78, 5) is 28.1. The maximum atomic E-state index is 14.6. The highest BCUT2D eigenvalue weighted by atomic mass is 32.2. The van der Waals surface area contributed by atoms with Crippen molar-refractivity contribution in [1.82, 2.24) is 10.2 Å². The summed E-state index contributed by atoms with van der Waals surface area (Å²) in [7, 11) is -2.83. The molecule has 8 nitrogen and oxygen atoms in total. The molecule has 0 unspecified atom stereocenters. The van der Waals surface area contributed by atoms with E-state index in [-0.39, 0.29) is 34.5 Å². The maximum absolute atomic E-state index is 14.6. The molecule has 39 heavy (non-hydrogen) atoms. The van der Waals surface area contributed by atoms with Crippen molar-refractivity contribution in [3.63, 3.8) is 0 Å². The first-order valence-electron chi connectivity index (χ1n) is 12.6. The average Bonchev–Trinajstić information content (AvgIpc) is 2.95. The molecule has 0 spiro atoms. The molecule has 3 rings (SSSR count). The summed E-state index contributed by atoms with van der Waals surface area (Å²) in [6.45, 7) is 4.41. The fourth-order valence-electron chi connectivity index (χ4n) is 3.93. The zero-order chi connectivity index (χ0) is 28.6. The Hall–Kier alpha value is -3.92. The number of hydrogen-bond donors (Lipinski definition) is 1. The van der Waals surface area contributed by atoms with Crippen molar-refractivity contribution in [3.8, 4) is 5.75 Å². The molecule has 0 fully saturated rings. The van der Waals surface area contributed by atoms with E-state index >= 15 is 0 Å². The molecular formula is C29H34FN3O5S. The van der Waals surface area contributed by atoms with E-state index in [1.165, 1.54) is 55.3 Å². The Bertz CT molecular complexity index is 1380. The van der Waals surface area contributed by atoms with Gasteiger partial charge < -0.3 is 15.0 Å². The molecule has 3 aromatic carbocycles. The van der Waals surface area contributed by atoms with Gasteiger partial charge in [0.05, 0.1) is 17.7 Å². The number of methoxy groups -OCH3 is 1. The van der Waals surface area contributed by atoms with E-state index in [1.807, 2.05) is 13.8 Å². The smallest absolute Gasteiger partial charge is 0.264 e. The van der Waals surface area contributed by atoms with E-state index < -0.39 is 40.2 Å². The maximum Gasteiger partial charge on any atom is 0.264 e. The Morgan fingerprint density at radius 2 is 1.56 bits per heavy atom. The zero-order valence-corrected chi connectivity index (χ0v) is 23.3. The van der Waals surface area contributed by atoms with Crippen LogP contribution in [0.25, 0.3) is 0 Å². The second-order valence-corrected chi connectivity index (χ2v) is 11.0. The number of carbonyl (C=O) groups excluding carboxylic acids is 2. The van der Waals surface area contributed by atoms with Crippen molar-refractivity contribution < 1.29 is 27.1 Å². The summed E-state index contributed by atoms with van der Waals surface area (Å²) in [6, 6.07) is 19.0. The third-order valence-electron chi connectivity index (χ3n) is 6.43. The molecule has 0 bridgehead atoms. The minimum Gasteiger partial charge on any atom is -0.495 e. The first-order valence-corrected chi connectivity index (χ1v) is 14.1. The Kier molecular flexibility index (Phi) is 10.1. The van der Waals surface area contributed by atoms with E-state index in [0.717, 1.165) is 4.31 Å². The molecule has 0 aliphatic carbocycles. The molecular weight excluding hydrogens is 521 g/mol. The first-order chi connectivity index (χ1) is 18.6. The Labute approximate surface area is 229 Å². The Morgan fingerprint density at radius 3 is 2.21 bits per heavy atom. The minimum absolute atomic E-state index is 0.0214. The summed E-state index contributed by atoms with van der Waals surface area (Å²) < 4.78 is 48.6. The second-order valence-electron chi connectivity index (χ2n) is 9.10. The highest BCUT2D eigenvalue weighted by Crippen LogP contribution is 2.32. The number of nitrogens with one attached hydrogen (secondary N) is 1. The van der Waals surface area contributed by atoms with Gasteiger partial charge in [0.25, 0.3) is 10.0 Å². The lowest BCUT2D eigenvalue weighted by molar-refractivity contribution is -0.139. The largest absolute Gasteiger partial charge is 0.495 e. The van der Waals surface area contributed by atoms with Gasteiger partial charge in [-0.1, -0.05) is 55.5 Å². The van der Waals surface area contributed by atoms with Crippen LogP contribution in [0, 0.1) is 5.82 Å². The monoisotopic (exact) mass is 555 g/mol. The van der Waals surface area contributed by atoms with Crippen LogP contribution in [0.5, 0.6) is 5.75 Å². The van der Waals surface area contributed by atoms with Gasteiger partial charge in [0.2, 0.25) is 11.8 Å². The highest BCUT2D eigenvalue weighted by Gasteiger charge is 2.34. The van der Waals surface area contributed by atoms with Gasteiger partial charge >= 0.3 is 0 Å². The van der Waals surface area contributed by atoms with Crippen molar-refractivity contribution in [2.75, 3.05) is 18.0 Å². The SMILES string of the molecule is CC[C@H](C)NC(=O)[C@@H](C)N(Cc1ccccc1F)C(=O)CN(c1ccccc1OC)S(=O)(=O)c1ccccc1. The lowest BCUT2D eigenvalue weighted by atomic mass is 10.1. The average molecular weight is 556 g/mol. The molecule has 0 saturated carbocycles. The second kappa shape index (κ2) is 13.2. The van der Waals surface area contributed by atoms with Gasteiger partial charge in [0.1, 0.15) is 24.2 Å². The van der Waals surface area contributed by atoms with Crippen LogP contribution in [0.2, 0.25) is 0 Å². The standard InChI is InChI=1S/C29H34FN3O5S/c1-5-21(2)31-29(35)22(3)32(19-23-13-9-10-16-25(23)30)28(34)20-33(26-17-11-12-18-27(26)38-4)39(36,37)24-14-7-6-8-15-24/h6-18,21-22H,5,19-20H2,1-4H3,(H,31,35)/t21-,22+/m0/s1. The van der Waals surface area contributed by atoms with Crippen LogP contribution in [0.1, 0.15) is 32.8 Å². The van der Waals surface area contributed by atoms with Gasteiger partial charge in [-0.25, -0.2) is 12.8 Å². The molecule has 0 heterocycles. The van der Waals surface area contributed by atoms with Gasteiger partial charge in [0, 0.05) is 18.2 Å². The number of anilines is 1. The van der Waals surface area contributed by atoms with E-state index in [1.54, 1.807) is 42.5 Å². The fraction of sp³-hybridized carbons (Fsp3) is 0.310. The molecule has 3 aromatic rings. The minimum atomic E-state index is -4.23. The topological polar surface area (TPSA) is 96.0 Å². The van der Waals surface area contributed by atoms with Gasteiger partial charge in [0.15, 0.2) is 0 Å². The number of ether oxygens (including phenoxy) is 1. The molecule has 1 N–H and O–H groups in total. The predicted molar refractivity (Wildman–Crippen MR) is 148 cm³/mol. The summed E-state index contributed by atoms with van der Waals surface area (Å²) in [5.74, 6) is -1.41. The quantitative estimate of drug-likeness (QED) is 0.358. The third kappa shape index (κ3) is 7.14. The van der Waals surface area contributed by atoms with Crippen LogP contribution < -0.4 is 14.4 Å². The number of carbonyl (C=O) groups is 2. The number of amides is 2. The van der Waals surface area contributed by atoms with Crippen LogP contribution in [0.4, 0.5) is 10.1 Å². The Balaban J connectivity index is 2.06. The molecule has 10 heteroatoms. The molecule has 208 valence electrons. The molecule has 0 radical (unpaired) electrons. The summed E-state index contributed by atoms with van der Waals surface area (Å²) in [5.41, 5.74) is 0.351. The Morgan fingerprint density at radius 1 is 0.949 bits per heavy atom. The molecule has 0 aromatic heterocycles. The van der Waals surface area contributed by atoms with Gasteiger partial charge in [-0.15, -0.1) is 0 Å². The van der Waals surface area contributed by atoms with Crippen molar-refractivity contribution in [1.29, 1.82) is 0 Å². The molecule has 2 atom stereocenters. The van der Waals surface area contributed by atoms with Crippen LogP contribution in [0.15, 0.2) is 83.8 Å². The van der Waals surface area contributed by atoms with Gasteiger partial charge in [-0.2, -0.15) is 0 Å². The van der Waals surface area contributed by atoms with Gasteiger partial charge in [-0.3, -0.25) is 13.9 Å². The van der Waals surface area contributed by atoms with E-state index in [0.29, 0.717) is 6.42 Å². The summed E-state index contributed by atoms with van der Waals surface area (Å²) in [5, 5.41) is 2.85. The van der Waals surface area contributed by atoms with E-state index in [2.05, 4.69) is 5.32 Å². The summed E-state index contributed by atoms with van der Waals surface area (Å²) >= 11 is 0. The summed E-state index contributed by atoms with van der Waals surface area (Å²) in [6.07, 6.45) is 0.677. The number of para-hydroxylation sites is 2. The fourth-order valence-corrected chi connectivity index (χ4v) is 5.37. The third-order valence-corrected chi connectivity index (χ3v) is 8.20. The van der Waals surface area contributed by atoms with Crippen LogP contribution >= 0.6 is 0 Å². The first kappa shape index (κ1) is 29.6. The number of sulfonamides is 1. The van der Waals surface area contributed by atoms with Crippen molar-refractivity contribution in [3.05, 3.63) is 90.2 Å². The predicted octanol–water partition coefficient (Wildman–Crippen LogP) is 4.36. The van der Waals surface area contributed by atoms with Crippen molar-refractivity contribution >= 4 is 27.5 Å². The number of hydrogen-bond acceptors (Lipinski definition) is 5. The lowest BCUT2D eigenvalue weighted by Crippen LogP contribution is -2.52. The van der Waals surface area contributed by atoms with Crippen LogP contribution in [0.3, 0.4) is 0 Å². The number of halogens is 1. The van der Waals surface area contributed by atoms with Crippen LogP contribution in [-0.2, 0) is 26.2 Å². The number of nitrogens with zero attached hydrogens (tertiary/aromatic N) is 2. The van der Waals surface area contributed by atoms with E-state index in [4.69, 9.17) is 4.74 Å². The number of rotatable bonds is 12. The molecule has 0 aliphatic heterocycles. The van der Waals surface area contributed by atoms with Crippen molar-refractivity contribution in [2.45, 2.75) is 50.7 Å². The van der Waals surface area contributed by atoms with Gasteiger partial charge in [-0.05, 0) is 50.6 Å². The number of benzene rings is 3. The zero-order valence-electron chi connectivity index (χ0n) is 22.5. The van der Waals surface area contributed by atoms with Crippen LogP contribution in [-0.4, -0.2) is 50.9 Å². The molecule has 0 aliphatic rings. The molecule has 2 amide bonds. The normalized spacial score (nSPS) is 12.7.